The summed E-state index contributed by atoms with van der Waals surface area (Å²) in [5, 5.41) is 8.63. The lowest BCUT2D eigenvalue weighted by Gasteiger charge is -2.15. The second kappa shape index (κ2) is 7.42. The standard InChI is InChI=1S/C12H16Cl2N2O4S/c1-3-16(2)5-4-15-21(19,20)10-7-8(13)6-9(11(10)14)12(17)18/h6-7,15H,3-5H2,1-2H3,(H,17,18). The van der Waals surface area contributed by atoms with Crippen LogP contribution in [-0.4, -0.2) is 51.1 Å². The second-order valence-electron chi connectivity index (χ2n) is 4.36. The van der Waals surface area contributed by atoms with Gasteiger partial charge in [0.2, 0.25) is 10.0 Å². The molecule has 0 unspecified atom stereocenters. The molecule has 0 spiro atoms. The summed E-state index contributed by atoms with van der Waals surface area (Å²) >= 11 is 11.6. The molecule has 0 atom stereocenters. The lowest BCUT2D eigenvalue weighted by atomic mass is 10.2. The van der Waals surface area contributed by atoms with Gasteiger partial charge in [0.05, 0.1) is 10.6 Å². The smallest absolute Gasteiger partial charge is 0.337 e. The summed E-state index contributed by atoms with van der Waals surface area (Å²) in [6.07, 6.45) is 0. The van der Waals surface area contributed by atoms with E-state index < -0.39 is 16.0 Å². The molecule has 0 aromatic heterocycles. The molecule has 6 nitrogen and oxygen atoms in total. The molecule has 118 valence electrons. The van der Waals surface area contributed by atoms with Crippen LogP contribution in [0.15, 0.2) is 17.0 Å². The van der Waals surface area contributed by atoms with E-state index in [1.165, 1.54) is 0 Å². The van der Waals surface area contributed by atoms with E-state index in [2.05, 4.69) is 4.72 Å². The zero-order chi connectivity index (χ0) is 16.2. The first kappa shape index (κ1) is 18.2. The zero-order valence-electron chi connectivity index (χ0n) is 11.6. The van der Waals surface area contributed by atoms with Crippen molar-refractivity contribution in [3.63, 3.8) is 0 Å². The van der Waals surface area contributed by atoms with Crippen LogP contribution in [0.3, 0.4) is 0 Å². The van der Waals surface area contributed by atoms with Crippen molar-refractivity contribution in [1.29, 1.82) is 0 Å². The first-order chi connectivity index (χ1) is 9.69. The Hall–Kier alpha value is -0.860. The molecule has 1 rings (SSSR count). The molecule has 0 saturated heterocycles. The number of carboxylic acid groups (broad SMARTS) is 1. The van der Waals surface area contributed by atoms with E-state index in [1.54, 1.807) is 0 Å². The number of sulfonamides is 1. The van der Waals surface area contributed by atoms with Crippen LogP contribution in [0.5, 0.6) is 0 Å². The van der Waals surface area contributed by atoms with E-state index in [-0.39, 0.29) is 27.0 Å². The molecule has 0 fully saturated rings. The van der Waals surface area contributed by atoms with Crippen LogP contribution < -0.4 is 4.72 Å². The molecule has 0 aliphatic heterocycles. The second-order valence-corrected chi connectivity index (χ2v) is 6.91. The third kappa shape index (κ3) is 4.82. The van der Waals surface area contributed by atoms with E-state index in [9.17, 15) is 13.2 Å². The van der Waals surface area contributed by atoms with Crippen molar-refractivity contribution in [1.82, 2.24) is 9.62 Å². The predicted octanol–water partition coefficient (Wildman–Crippen LogP) is 1.92. The number of carbonyl (C=O) groups is 1. The Morgan fingerprint density at radius 2 is 2.00 bits per heavy atom. The predicted molar refractivity (Wildman–Crippen MR) is 81.8 cm³/mol. The van der Waals surface area contributed by atoms with Gasteiger partial charge in [0.15, 0.2) is 0 Å². The Kier molecular flexibility index (Phi) is 6.42. The minimum absolute atomic E-state index is 0.0112. The Balaban J connectivity index is 3.06. The fraction of sp³-hybridized carbons (Fsp3) is 0.417. The zero-order valence-corrected chi connectivity index (χ0v) is 13.9. The van der Waals surface area contributed by atoms with Gasteiger partial charge in [-0.3, -0.25) is 0 Å². The number of hydrogen-bond acceptors (Lipinski definition) is 4. The van der Waals surface area contributed by atoms with Gasteiger partial charge in [-0.05, 0) is 25.7 Å². The molecular formula is C12H16Cl2N2O4S. The lowest BCUT2D eigenvalue weighted by molar-refractivity contribution is 0.0697. The Morgan fingerprint density at radius 1 is 1.38 bits per heavy atom. The van der Waals surface area contributed by atoms with Crippen LogP contribution in [-0.2, 0) is 10.0 Å². The van der Waals surface area contributed by atoms with Gasteiger partial charge in [0.1, 0.15) is 4.90 Å². The summed E-state index contributed by atoms with van der Waals surface area (Å²) in [5.74, 6) is -1.34. The highest BCUT2D eigenvalue weighted by Crippen LogP contribution is 2.29. The number of nitrogens with one attached hydrogen (secondary N) is 1. The van der Waals surface area contributed by atoms with Crippen molar-refractivity contribution < 1.29 is 18.3 Å². The topological polar surface area (TPSA) is 86.7 Å². The number of halogens is 2. The van der Waals surface area contributed by atoms with E-state index in [0.29, 0.717) is 6.54 Å². The maximum absolute atomic E-state index is 12.2. The molecule has 21 heavy (non-hydrogen) atoms. The maximum Gasteiger partial charge on any atom is 0.337 e. The van der Waals surface area contributed by atoms with E-state index >= 15 is 0 Å². The summed E-state index contributed by atoms with van der Waals surface area (Å²) in [5.41, 5.74) is -0.352. The quantitative estimate of drug-likeness (QED) is 0.780. The molecule has 0 bridgehead atoms. The molecule has 0 saturated carbocycles. The van der Waals surface area contributed by atoms with E-state index in [4.69, 9.17) is 28.3 Å². The molecule has 2 N–H and O–H groups in total. The average Bonchev–Trinajstić information content (AvgIpc) is 2.40. The van der Waals surface area contributed by atoms with Gasteiger partial charge in [-0.15, -0.1) is 0 Å². The van der Waals surface area contributed by atoms with Gasteiger partial charge in [-0.1, -0.05) is 30.1 Å². The average molecular weight is 355 g/mol. The summed E-state index contributed by atoms with van der Waals surface area (Å²) < 4.78 is 26.7. The number of benzene rings is 1. The lowest BCUT2D eigenvalue weighted by Crippen LogP contribution is -2.33. The highest BCUT2D eigenvalue weighted by Gasteiger charge is 2.23. The number of rotatable bonds is 7. The van der Waals surface area contributed by atoms with Gasteiger partial charge in [-0.2, -0.15) is 0 Å². The highest BCUT2D eigenvalue weighted by molar-refractivity contribution is 7.89. The monoisotopic (exact) mass is 354 g/mol. The number of carboxylic acids is 1. The minimum atomic E-state index is -3.93. The third-order valence-electron chi connectivity index (χ3n) is 2.85. The van der Waals surface area contributed by atoms with Crippen molar-refractivity contribution in [3.8, 4) is 0 Å². The molecule has 1 aromatic rings. The van der Waals surface area contributed by atoms with Crippen molar-refractivity contribution in [2.75, 3.05) is 26.7 Å². The van der Waals surface area contributed by atoms with Crippen LogP contribution in [0, 0.1) is 0 Å². The summed E-state index contributed by atoms with van der Waals surface area (Å²) in [6, 6.07) is 2.23. The molecule has 9 heteroatoms. The van der Waals surface area contributed by atoms with Gasteiger partial charge in [-0.25, -0.2) is 17.9 Å². The van der Waals surface area contributed by atoms with Crippen LogP contribution in [0.2, 0.25) is 10.0 Å². The molecule has 0 aliphatic carbocycles. The Bertz CT molecular complexity index is 634. The van der Waals surface area contributed by atoms with Crippen molar-refractivity contribution >= 4 is 39.2 Å². The molecule has 1 aromatic carbocycles. The normalized spacial score (nSPS) is 11.9. The first-order valence-electron chi connectivity index (χ1n) is 6.09. The molecule has 0 amide bonds. The maximum atomic E-state index is 12.2. The van der Waals surface area contributed by atoms with Gasteiger partial charge in [0, 0.05) is 18.1 Å². The SMILES string of the molecule is CCN(C)CCNS(=O)(=O)c1cc(Cl)cc(C(=O)O)c1Cl. The number of aromatic carboxylic acids is 1. The van der Waals surface area contributed by atoms with Crippen molar-refractivity contribution in [3.05, 3.63) is 27.7 Å². The fourth-order valence-corrected chi connectivity index (χ4v) is 3.44. The van der Waals surface area contributed by atoms with Crippen LogP contribution in [0.25, 0.3) is 0 Å². The third-order valence-corrected chi connectivity index (χ3v) is 5.07. The Labute approximate surface area is 133 Å². The van der Waals surface area contributed by atoms with Gasteiger partial charge >= 0.3 is 5.97 Å². The fourth-order valence-electron chi connectivity index (χ4n) is 1.52. The van der Waals surface area contributed by atoms with Crippen LogP contribution >= 0.6 is 23.2 Å². The number of nitrogens with zero attached hydrogens (tertiary/aromatic N) is 1. The number of hydrogen-bond donors (Lipinski definition) is 2. The van der Waals surface area contributed by atoms with E-state index in [0.717, 1.165) is 18.7 Å². The van der Waals surface area contributed by atoms with Gasteiger partial charge in [0.25, 0.3) is 0 Å². The summed E-state index contributed by atoms with van der Waals surface area (Å²) in [7, 11) is -2.08. The summed E-state index contributed by atoms with van der Waals surface area (Å²) in [4.78, 5) is 12.6. The Morgan fingerprint density at radius 3 is 2.52 bits per heavy atom. The van der Waals surface area contributed by atoms with Crippen molar-refractivity contribution in [2.24, 2.45) is 0 Å². The van der Waals surface area contributed by atoms with Crippen LogP contribution in [0.1, 0.15) is 17.3 Å². The molecule has 0 heterocycles. The highest BCUT2D eigenvalue weighted by atomic mass is 35.5. The minimum Gasteiger partial charge on any atom is -0.478 e. The molecular weight excluding hydrogens is 339 g/mol. The van der Waals surface area contributed by atoms with Crippen LogP contribution in [0.4, 0.5) is 0 Å². The van der Waals surface area contributed by atoms with E-state index in [1.807, 2.05) is 18.9 Å². The molecule has 0 radical (unpaired) electrons. The van der Waals surface area contributed by atoms with Gasteiger partial charge < -0.3 is 10.0 Å². The van der Waals surface area contributed by atoms with Crippen molar-refractivity contribution in [2.45, 2.75) is 11.8 Å². The largest absolute Gasteiger partial charge is 0.478 e. The summed E-state index contributed by atoms with van der Waals surface area (Å²) in [6.45, 7) is 3.42. The molecule has 0 aliphatic rings. The first-order valence-corrected chi connectivity index (χ1v) is 8.33. The number of likely N-dealkylation sites (N-methyl/N-ethyl adjacent to an activating group) is 1.